The molecule has 0 aromatic heterocycles. The van der Waals surface area contributed by atoms with E-state index in [9.17, 15) is 35.1 Å². The molecule has 0 spiro atoms. The molecule has 0 nitrogen and oxygen atoms in total. The lowest BCUT2D eigenvalue weighted by molar-refractivity contribution is -0.0612. The Morgan fingerprint density at radius 3 is 1.67 bits per heavy atom. The molecule has 0 bridgehead atoms. The number of hydrogen-bond donors (Lipinski definition) is 0. The maximum Gasteiger partial charge on any atom is 0.332 e. The summed E-state index contributed by atoms with van der Waals surface area (Å²) in [6.45, 7) is 2.06. The molecule has 0 radical (unpaired) electrons. The Balaban J connectivity index is 4.41. The second kappa shape index (κ2) is 11.5. The fraction of sp³-hybridized carbons (Fsp3) is 0.750. The van der Waals surface area contributed by atoms with Crippen LogP contribution >= 0.6 is 0 Å². The Kier molecular flexibility index (Phi) is 11.0. The minimum absolute atomic E-state index is 0.00915. The fourth-order valence-corrected chi connectivity index (χ4v) is 2.10. The maximum absolute atomic E-state index is 13.4. The minimum Gasteiger partial charge on any atom is -0.240 e. The van der Waals surface area contributed by atoms with Crippen LogP contribution < -0.4 is 0 Å². The summed E-state index contributed by atoms with van der Waals surface area (Å²) in [7, 11) is 0. The first-order valence-corrected chi connectivity index (χ1v) is 7.95. The van der Waals surface area contributed by atoms with Crippen molar-refractivity contribution in [1.29, 1.82) is 0 Å². The average molecular weight is 366 g/mol. The van der Waals surface area contributed by atoms with Gasteiger partial charge in [-0.1, -0.05) is 58.3 Å². The van der Waals surface area contributed by atoms with Crippen LogP contribution in [0.5, 0.6) is 0 Å². The molecule has 0 saturated heterocycles. The lowest BCUT2D eigenvalue weighted by Gasteiger charge is -2.19. The number of unbranched alkanes of at least 4 members (excludes halogenated alkanes) is 7. The highest BCUT2D eigenvalue weighted by molar-refractivity contribution is 5.26. The van der Waals surface area contributed by atoms with Crippen molar-refractivity contribution >= 4 is 0 Å². The molecule has 0 rings (SSSR count). The summed E-state index contributed by atoms with van der Waals surface area (Å²) < 4.78 is 102. The smallest absolute Gasteiger partial charge is 0.240 e. The number of allylic oxidation sites excluding steroid dienone is 3. The van der Waals surface area contributed by atoms with Crippen molar-refractivity contribution in [1.82, 2.24) is 0 Å². The Morgan fingerprint density at radius 1 is 0.750 bits per heavy atom. The van der Waals surface area contributed by atoms with Crippen molar-refractivity contribution in [3.63, 3.8) is 0 Å². The second-order valence-electron chi connectivity index (χ2n) is 5.56. The number of alkyl halides is 3. The van der Waals surface area contributed by atoms with Gasteiger partial charge < -0.3 is 0 Å². The molecule has 0 N–H and O–H groups in total. The molecular formula is C16H22F8. The first-order valence-electron chi connectivity index (χ1n) is 7.95. The third-order valence-electron chi connectivity index (χ3n) is 3.55. The lowest BCUT2D eigenvalue weighted by atomic mass is 10.0. The van der Waals surface area contributed by atoms with Gasteiger partial charge in [0.05, 0.1) is 0 Å². The molecule has 0 fully saturated rings. The molecule has 8 heteroatoms. The van der Waals surface area contributed by atoms with Crippen LogP contribution in [0.1, 0.15) is 64.7 Å². The van der Waals surface area contributed by atoms with Gasteiger partial charge >= 0.3 is 12.0 Å². The molecule has 0 amide bonds. The number of halogens is 8. The highest BCUT2D eigenvalue weighted by atomic mass is 19.3. The van der Waals surface area contributed by atoms with Gasteiger partial charge in [-0.2, -0.15) is 22.0 Å². The monoisotopic (exact) mass is 366 g/mol. The van der Waals surface area contributed by atoms with Crippen molar-refractivity contribution in [3.8, 4) is 0 Å². The van der Waals surface area contributed by atoms with Crippen molar-refractivity contribution in [2.75, 3.05) is 0 Å². The van der Waals surface area contributed by atoms with E-state index in [1.165, 1.54) is 0 Å². The summed E-state index contributed by atoms with van der Waals surface area (Å²) in [5.74, 6) is -14.3. The van der Waals surface area contributed by atoms with Gasteiger partial charge in [0.1, 0.15) is 0 Å². The third kappa shape index (κ3) is 7.66. The highest BCUT2D eigenvalue weighted by Gasteiger charge is 2.47. The number of hydrogen-bond acceptors (Lipinski definition) is 0. The molecule has 0 saturated carbocycles. The SMILES string of the molecule is CCCCCCCCCCC(F)C(F)(F)C(F)=C(F)C(F)=C(F)F. The first-order chi connectivity index (χ1) is 11.2. The predicted octanol–water partition coefficient (Wildman–Crippen LogP) is 7.72. The second-order valence-corrected chi connectivity index (χ2v) is 5.56. The van der Waals surface area contributed by atoms with E-state index in [2.05, 4.69) is 6.92 Å². The van der Waals surface area contributed by atoms with Crippen LogP contribution in [0.25, 0.3) is 0 Å². The molecule has 0 aliphatic rings. The van der Waals surface area contributed by atoms with E-state index in [0.29, 0.717) is 12.8 Å². The molecule has 1 unspecified atom stereocenters. The van der Waals surface area contributed by atoms with Crippen molar-refractivity contribution in [2.45, 2.75) is 76.8 Å². The summed E-state index contributed by atoms with van der Waals surface area (Å²) in [6, 6.07) is 0. The molecule has 0 aliphatic carbocycles. The molecule has 0 aromatic carbocycles. The van der Waals surface area contributed by atoms with E-state index < -0.39 is 42.1 Å². The Labute approximate surface area is 136 Å². The van der Waals surface area contributed by atoms with Crippen molar-refractivity contribution in [2.24, 2.45) is 0 Å². The van der Waals surface area contributed by atoms with Gasteiger partial charge in [-0.15, -0.1) is 0 Å². The van der Waals surface area contributed by atoms with Crippen LogP contribution in [0.2, 0.25) is 0 Å². The Morgan fingerprint density at radius 2 is 1.21 bits per heavy atom. The van der Waals surface area contributed by atoms with Gasteiger partial charge in [0.15, 0.2) is 6.17 Å². The van der Waals surface area contributed by atoms with E-state index in [4.69, 9.17) is 0 Å². The summed E-state index contributed by atoms with van der Waals surface area (Å²) >= 11 is 0. The molecule has 1 atom stereocenters. The van der Waals surface area contributed by atoms with Gasteiger partial charge in [0, 0.05) is 0 Å². The average Bonchev–Trinajstić information content (AvgIpc) is 2.54. The first kappa shape index (κ1) is 22.9. The van der Waals surface area contributed by atoms with Gasteiger partial charge in [0.2, 0.25) is 17.5 Å². The summed E-state index contributed by atoms with van der Waals surface area (Å²) in [4.78, 5) is 0. The molecule has 0 aliphatic heterocycles. The summed E-state index contributed by atoms with van der Waals surface area (Å²) in [5.41, 5.74) is 0. The molecule has 0 heterocycles. The predicted molar refractivity (Wildman–Crippen MR) is 76.7 cm³/mol. The maximum atomic E-state index is 13.4. The normalized spacial score (nSPS) is 14.4. The van der Waals surface area contributed by atoms with Crippen molar-refractivity contribution in [3.05, 3.63) is 23.6 Å². The van der Waals surface area contributed by atoms with Crippen LogP contribution in [-0.4, -0.2) is 12.1 Å². The highest BCUT2D eigenvalue weighted by Crippen LogP contribution is 2.38. The minimum atomic E-state index is -4.99. The third-order valence-corrected chi connectivity index (χ3v) is 3.55. The zero-order chi connectivity index (χ0) is 18.8. The van der Waals surface area contributed by atoms with Gasteiger partial charge in [-0.3, -0.25) is 0 Å². The summed E-state index contributed by atoms with van der Waals surface area (Å²) in [5, 5.41) is 0. The molecule has 0 aromatic rings. The number of rotatable bonds is 12. The van der Waals surface area contributed by atoms with Crippen LogP contribution in [0.3, 0.4) is 0 Å². The Bertz CT molecular complexity index is 424. The topological polar surface area (TPSA) is 0 Å². The van der Waals surface area contributed by atoms with Crippen LogP contribution in [0.15, 0.2) is 23.6 Å². The molecule has 24 heavy (non-hydrogen) atoms. The fourth-order valence-electron chi connectivity index (χ4n) is 2.10. The van der Waals surface area contributed by atoms with Crippen LogP contribution in [0, 0.1) is 0 Å². The van der Waals surface area contributed by atoms with Gasteiger partial charge in [0.25, 0.3) is 0 Å². The Hall–Kier alpha value is -1.08. The largest absolute Gasteiger partial charge is 0.332 e. The van der Waals surface area contributed by atoms with Crippen molar-refractivity contribution < 1.29 is 35.1 Å². The lowest BCUT2D eigenvalue weighted by Crippen LogP contribution is -2.31. The molecule has 142 valence electrons. The van der Waals surface area contributed by atoms with Crippen LogP contribution in [0.4, 0.5) is 35.1 Å². The summed E-state index contributed by atoms with van der Waals surface area (Å²) in [6.07, 6.45) is -0.967. The standard InChI is InChI=1S/C16H22F8/c1-2-3-4-5-6-7-8-9-10-11(17)16(23,24)14(20)12(18)13(19)15(21)22/h11H,2-10H2,1H3. The van der Waals surface area contributed by atoms with E-state index >= 15 is 0 Å². The zero-order valence-corrected chi connectivity index (χ0v) is 13.5. The molecular weight excluding hydrogens is 344 g/mol. The van der Waals surface area contributed by atoms with Crippen LogP contribution in [-0.2, 0) is 0 Å². The zero-order valence-electron chi connectivity index (χ0n) is 13.5. The van der Waals surface area contributed by atoms with E-state index in [0.717, 1.165) is 32.1 Å². The van der Waals surface area contributed by atoms with Gasteiger partial charge in [-0.25, -0.2) is 13.2 Å². The van der Waals surface area contributed by atoms with E-state index in [1.54, 1.807) is 0 Å². The quantitative estimate of drug-likeness (QED) is 0.188. The van der Waals surface area contributed by atoms with E-state index in [1.807, 2.05) is 0 Å². The van der Waals surface area contributed by atoms with Gasteiger partial charge in [-0.05, 0) is 6.42 Å². The van der Waals surface area contributed by atoms with E-state index in [-0.39, 0.29) is 6.42 Å².